The Morgan fingerprint density at radius 1 is 1.25 bits per heavy atom. The van der Waals surface area contributed by atoms with Gasteiger partial charge in [0.15, 0.2) is 11.9 Å². The molecular formula is C14H17NO8S. The summed E-state index contributed by atoms with van der Waals surface area (Å²) in [6.07, 6.45) is -1.84. The van der Waals surface area contributed by atoms with E-state index in [2.05, 4.69) is 10.1 Å². The van der Waals surface area contributed by atoms with Crippen LogP contribution in [0.25, 0.3) is 0 Å². The van der Waals surface area contributed by atoms with Crippen molar-refractivity contribution in [2.75, 3.05) is 19.0 Å². The number of Topliss-reactive ketones (excluding diaryl/α,β-unsaturated/α-hetero) is 1. The van der Waals surface area contributed by atoms with Crippen molar-refractivity contribution in [1.82, 2.24) is 0 Å². The van der Waals surface area contributed by atoms with E-state index in [1.54, 1.807) is 0 Å². The van der Waals surface area contributed by atoms with Gasteiger partial charge >= 0.3 is 5.97 Å². The van der Waals surface area contributed by atoms with Gasteiger partial charge in [-0.15, -0.1) is 0 Å². The second-order valence-electron chi connectivity index (χ2n) is 4.75. The van der Waals surface area contributed by atoms with E-state index in [9.17, 15) is 22.8 Å². The van der Waals surface area contributed by atoms with Gasteiger partial charge in [-0.1, -0.05) is 12.1 Å². The molecule has 0 fully saturated rings. The minimum Gasteiger partial charge on any atom is -0.452 e. The molecule has 0 radical (unpaired) electrons. The van der Waals surface area contributed by atoms with E-state index >= 15 is 0 Å². The van der Waals surface area contributed by atoms with Crippen molar-refractivity contribution in [2.45, 2.75) is 24.3 Å². The number of methoxy groups -OCH3 is 1. The van der Waals surface area contributed by atoms with E-state index in [-0.39, 0.29) is 12.3 Å². The summed E-state index contributed by atoms with van der Waals surface area (Å²) in [4.78, 5) is 34.3. The van der Waals surface area contributed by atoms with Crippen molar-refractivity contribution < 1.29 is 36.8 Å². The van der Waals surface area contributed by atoms with Crippen molar-refractivity contribution >= 4 is 33.5 Å². The van der Waals surface area contributed by atoms with Crippen LogP contribution in [0.15, 0.2) is 29.2 Å². The summed E-state index contributed by atoms with van der Waals surface area (Å²) in [5, 5.41) is 2.25. The predicted molar refractivity (Wildman–Crippen MR) is 81.9 cm³/mol. The highest BCUT2D eigenvalue weighted by Crippen LogP contribution is 2.20. The second-order valence-corrected chi connectivity index (χ2v) is 6.14. The third-order valence-corrected chi connectivity index (χ3v) is 3.71. The summed E-state index contributed by atoms with van der Waals surface area (Å²) in [6.45, 7) is 0.765. The standard InChI is InChI=1S/C14H17NO8S/c1-9(16)11(23-14(18)8-22-2)7-13(17)15-10-5-3-4-6-12(10)24(19,20)21/h3-6,11H,7-8H2,1-2H3,(H,15,17)(H,19,20,21). The second kappa shape index (κ2) is 8.52. The van der Waals surface area contributed by atoms with E-state index in [4.69, 9.17) is 9.29 Å². The number of amides is 1. The molecule has 2 N–H and O–H groups in total. The van der Waals surface area contributed by atoms with Crippen molar-refractivity contribution in [3.63, 3.8) is 0 Å². The quantitative estimate of drug-likeness (QED) is 0.503. The molecule has 0 bridgehead atoms. The number of para-hydroxylation sites is 1. The molecular weight excluding hydrogens is 342 g/mol. The molecule has 0 aliphatic rings. The zero-order chi connectivity index (χ0) is 18.3. The first kappa shape index (κ1) is 19.7. The smallest absolute Gasteiger partial charge is 0.332 e. The Balaban J connectivity index is 2.84. The Labute approximate surface area is 138 Å². The Morgan fingerprint density at radius 2 is 1.88 bits per heavy atom. The molecule has 0 saturated heterocycles. The topological polar surface area (TPSA) is 136 Å². The Hall–Kier alpha value is -2.30. The number of hydrogen-bond acceptors (Lipinski definition) is 7. The van der Waals surface area contributed by atoms with Crippen LogP contribution in [0.5, 0.6) is 0 Å². The lowest BCUT2D eigenvalue weighted by molar-refractivity contribution is -0.159. The maximum absolute atomic E-state index is 12.0. The molecule has 0 saturated carbocycles. The number of benzene rings is 1. The summed E-state index contributed by atoms with van der Waals surface area (Å²) in [6, 6.07) is 5.18. The van der Waals surface area contributed by atoms with Crippen molar-refractivity contribution in [3.05, 3.63) is 24.3 Å². The third kappa shape index (κ3) is 6.07. The van der Waals surface area contributed by atoms with Crippen LogP contribution < -0.4 is 5.32 Å². The average molecular weight is 359 g/mol. The summed E-state index contributed by atoms with van der Waals surface area (Å²) < 4.78 is 41.0. The van der Waals surface area contributed by atoms with E-state index < -0.39 is 45.2 Å². The van der Waals surface area contributed by atoms with Crippen LogP contribution in [-0.2, 0) is 34.0 Å². The molecule has 1 atom stereocenters. The van der Waals surface area contributed by atoms with Gasteiger partial charge in [-0.05, 0) is 19.1 Å². The van der Waals surface area contributed by atoms with Gasteiger partial charge in [-0.3, -0.25) is 14.1 Å². The van der Waals surface area contributed by atoms with E-state index in [1.807, 2.05) is 0 Å². The fourth-order valence-corrected chi connectivity index (χ4v) is 2.39. The van der Waals surface area contributed by atoms with Gasteiger partial charge < -0.3 is 14.8 Å². The van der Waals surface area contributed by atoms with Gasteiger partial charge in [-0.2, -0.15) is 8.42 Å². The van der Waals surface area contributed by atoms with Gasteiger partial charge in [-0.25, -0.2) is 4.79 Å². The number of ether oxygens (including phenoxy) is 2. The van der Waals surface area contributed by atoms with Crippen LogP contribution in [0.4, 0.5) is 5.69 Å². The molecule has 24 heavy (non-hydrogen) atoms. The highest BCUT2D eigenvalue weighted by molar-refractivity contribution is 7.86. The minimum atomic E-state index is -4.53. The fraction of sp³-hybridized carbons (Fsp3) is 0.357. The molecule has 1 unspecified atom stereocenters. The average Bonchev–Trinajstić information content (AvgIpc) is 2.46. The van der Waals surface area contributed by atoms with Crippen LogP contribution in [0.3, 0.4) is 0 Å². The van der Waals surface area contributed by atoms with E-state index in [0.29, 0.717) is 0 Å². The Kier molecular flexibility index (Phi) is 7.01. The molecule has 0 heterocycles. The Bertz CT molecular complexity index is 728. The number of nitrogens with one attached hydrogen (secondary N) is 1. The van der Waals surface area contributed by atoms with Crippen LogP contribution >= 0.6 is 0 Å². The van der Waals surface area contributed by atoms with Gasteiger partial charge in [0.05, 0.1) is 12.1 Å². The lowest BCUT2D eigenvalue weighted by Crippen LogP contribution is -2.31. The van der Waals surface area contributed by atoms with E-state index in [0.717, 1.165) is 13.0 Å². The molecule has 10 heteroatoms. The minimum absolute atomic E-state index is 0.157. The summed E-state index contributed by atoms with van der Waals surface area (Å²) in [7, 11) is -3.27. The zero-order valence-corrected chi connectivity index (χ0v) is 13.8. The first-order valence-electron chi connectivity index (χ1n) is 6.70. The highest BCUT2D eigenvalue weighted by Gasteiger charge is 2.24. The number of carbonyl (C=O) groups excluding carboxylic acids is 3. The molecule has 0 aliphatic carbocycles. The molecule has 0 spiro atoms. The molecule has 1 aromatic rings. The number of ketones is 1. The summed E-state index contributed by atoms with van der Waals surface area (Å²) >= 11 is 0. The molecule has 0 aliphatic heterocycles. The lowest BCUT2D eigenvalue weighted by Gasteiger charge is -2.15. The van der Waals surface area contributed by atoms with Crippen molar-refractivity contribution in [1.29, 1.82) is 0 Å². The lowest BCUT2D eigenvalue weighted by atomic mass is 10.1. The zero-order valence-electron chi connectivity index (χ0n) is 13.0. The third-order valence-electron chi connectivity index (χ3n) is 2.80. The van der Waals surface area contributed by atoms with Gasteiger partial charge in [0.2, 0.25) is 5.91 Å². The van der Waals surface area contributed by atoms with Crippen LogP contribution in [0, 0.1) is 0 Å². The monoisotopic (exact) mass is 359 g/mol. The Morgan fingerprint density at radius 3 is 2.42 bits per heavy atom. The first-order valence-corrected chi connectivity index (χ1v) is 8.14. The highest BCUT2D eigenvalue weighted by atomic mass is 32.2. The van der Waals surface area contributed by atoms with Crippen molar-refractivity contribution in [2.24, 2.45) is 0 Å². The maximum atomic E-state index is 12.0. The van der Waals surface area contributed by atoms with Crippen LogP contribution in [0.1, 0.15) is 13.3 Å². The van der Waals surface area contributed by atoms with Gasteiger partial charge in [0.25, 0.3) is 10.1 Å². The molecule has 9 nitrogen and oxygen atoms in total. The van der Waals surface area contributed by atoms with E-state index in [1.165, 1.54) is 25.3 Å². The summed E-state index contributed by atoms with van der Waals surface area (Å²) in [5.74, 6) is -2.14. The predicted octanol–water partition coefficient (Wildman–Crippen LogP) is 0.409. The number of esters is 1. The largest absolute Gasteiger partial charge is 0.452 e. The molecule has 1 aromatic carbocycles. The first-order chi connectivity index (χ1) is 11.1. The number of carbonyl (C=O) groups is 3. The molecule has 0 aromatic heterocycles. The van der Waals surface area contributed by atoms with Gasteiger partial charge in [0.1, 0.15) is 11.5 Å². The summed E-state index contributed by atoms with van der Waals surface area (Å²) in [5.41, 5.74) is -0.157. The molecule has 1 amide bonds. The number of anilines is 1. The normalized spacial score (nSPS) is 12.3. The molecule has 132 valence electrons. The van der Waals surface area contributed by atoms with Crippen LogP contribution in [0.2, 0.25) is 0 Å². The van der Waals surface area contributed by atoms with Crippen LogP contribution in [-0.4, -0.2) is 50.5 Å². The number of rotatable bonds is 8. The van der Waals surface area contributed by atoms with Crippen molar-refractivity contribution in [3.8, 4) is 0 Å². The number of hydrogen-bond donors (Lipinski definition) is 2. The fourth-order valence-electron chi connectivity index (χ4n) is 1.74. The SMILES string of the molecule is COCC(=O)OC(CC(=O)Nc1ccccc1S(=O)(=O)O)C(C)=O. The van der Waals surface area contributed by atoms with Gasteiger partial charge in [0, 0.05) is 7.11 Å². The molecule has 1 rings (SSSR count). The maximum Gasteiger partial charge on any atom is 0.332 e.